The summed E-state index contributed by atoms with van der Waals surface area (Å²) in [7, 11) is 0. The van der Waals surface area contributed by atoms with E-state index in [4.69, 9.17) is 11.6 Å². The van der Waals surface area contributed by atoms with E-state index in [0.29, 0.717) is 11.9 Å². The number of carbonyl (C=O) groups excluding carboxylic acids is 1. The zero-order valence-corrected chi connectivity index (χ0v) is 8.47. The lowest BCUT2D eigenvalue weighted by Gasteiger charge is -2.24. The minimum absolute atomic E-state index is 0.105. The second kappa shape index (κ2) is 4.13. The van der Waals surface area contributed by atoms with Crippen molar-refractivity contribution in [3.05, 3.63) is 0 Å². The highest BCUT2D eigenvalue weighted by atomic mass is 35.5. The summed E-state index contributed by atoms with van der Waals surface area (Å²) in [6.07, 6.45) is 2.18. The Morgan fingerprint density at radius 2 is 2.33 bits per heavy atom. The maximum Gasteiger partial charge on any atom is 0.225 e. The molecule has 1 saturated heterocycles. The molecular weight excluding hydrogens is 174 g/mol. The third-order valence-corrected chi connectivity index (χ3v) is 2.69. The van der Waals surface area contributed by atoms with Gasteiger partial charge in [-0.2, -0.15) is 0 Å². The molecule has 0 unspecified atom stereocenters. The second-order valence-electron chi connectivity index (χ2n) is 3.64. The fourth-order valence-corrected chi connectivity index (χ4v) is 1.94. The molecule has 0 radical (unpaired) electrons. The van der Waals surface area contributed by atoms with Crippen molar-refractivity contribution in [2.75, 3.05) is 12.4 Å². The Bertz CT molecular complexity index is 170. The van der Waals surface area contributed by atoms with Crippen molar-refractivity contribution in [2.24, 2.45) is 5.92 Å². The summed E-state index contributed by atoms with van der Waals surface area (Å²) < 4.78 is 0. The van der Waals surface area contributed by atoms with E-state index in [1.807, 2.05) is 18.7 Å². The zero-order valence-electron chi connectivity index (χ0n) is 7.72. The van der Waals surface area contributed by atoms with Gasteiger partial charge in [-0.1, -0.05) is 13.8 Å². The Morgan fingerprint density at radius 1 is 1.67 bits per heavy atom. The Kier molecular flexibility index (Phi) is 3.39. The maximum absolute atomic E-state index is 11.6. The molecule has 70 valence electrons. The van der Waals surface area contributed by atoms with Crippen LogP contribution in [0.3, 0.4) is 0 Å². The van der Waals surface area contributed by atoms with Crippen LogP contribution in [-0.2, 0) is 4.79 Å². The predicted molar refractivity (Wildman–Crippen MR) is 50.3 cm³/mol. The molecule has 12 heavy (non-hydrogen) atoms. The van der Waals surface area contributed by atoms with Crippen LogP contribution in [0.25, 0.3) is 0 Å². The average Bonchev–Trinajstić information content (AvgIpc) is 2.49. The van der Waals surface area contributed by atoms with Crippen LogP contribution in [0.4, 0.5) is 0 Å². The van der Waals surface area contributed by atoms with Crippen molar-refractivity contribution < 1.29 is 4.79 Å². The smallest absolute Gasteiger partial charge is 0.225 e. The first kappa shape index (κ1) is 9.85. The molecule has 0 N–H and O–H groups in total. The molecule has 3 heteroatoms. The molecule has 0 aromatic rings. The van der Waals surface area contributed by atoms with E-state index in [1.165, 1.54) is 0 Å². The Hall–Kier alpha value is -0.240. The summed E-state index contributed by atoms with van der Waals surface area (Å²) in [5.41, 5.74) is 0. The van der Waals surface area contributed by atoms with Crippen LogP contribution in [0.15, 0.2) is 0 Å². The molecule has 2 nitrogen and oxygen atoms in total. The van der Waals surface area contributed by atoms with Gasteiger partial charge in [-0.15, -0.1) is 11.6 Å². The zero-order chi connectivity index (χ0) is 9.14. The molecule has 1 aliphatic heterocycles. The molecule has 0 aliphatic carbocycles. The van der Waals surface area contributed by atoms with E-state index in [9.17, 15) is 4.79 Å². The van der Waals surface area contributed by atoms with Gasteiger partial charge in [0.2, 0.25) is 5.91 Å². The number of likely N-dealkylation sites (tertiary alicyclic amines) is 1. The fraction of sp³-hybridized carbons (Fsp3) is 0.889. The molecule has 0 aromatic heterocycles. The molecule has 1 amide bonds. The summed E-state index contributed by atoms with van der Waals surface area (Å²) in [4.78, 5) is 13.5. The normalized spacial score (nSPS) is 23.7. The van der Waals surface area contributed by atoms with Gasteiger partial charge >= 0.3 is 0 Å². The number of carbonyl (C=O) groups is 1. The largest absolute Gasteiger partial charge is 0.338 e. The number of hydrogen-bond acceptors (Lipinski definition) is 1. The monoisotopic (exact) mass is 189 g/mol. The van der Waals surface area contributed by atoms with Crippen molar-refractivity contribution in [1.82, 2.24) is 4.90 Å². The van der Waals surface area contributed by atoms with Gasteiger partial charge in [0, 0.05) is 24.4 Å². The summed E-state index contributed by atoms with van der Waals surface area (Å²) >= 11 is 5.76. The quantitative estimate of drug-likeness (QED) is 0.608. The standard InChI is InChI=1S/C9H16ClNO/c1-7(2)9(12)11-5-3-4-8(11)6-10/h7-8H,3-6H2,1-2H3/t8-/m0/s1. The number of hydrogen-bond donors (Lipinski definition) is 0. The minimum atomic E-state index is 0.105. The Labute approximate surface area is 78.9 Å². The van der Waals surface area contributed by atoms with Gasteiger partial charge in [0.1, 0.15) is 0 Å². The number of halogens is 1. The van der Waals surface area contributed by atoms with Gasteiger partial charge in [-0.25, -0.2) is 0 Å². The first-order valence-electron chi connectivity index (χ1n) is 4.53. The van der Waals surface area contributed by atoms with E-state index in [0.717, 1.165) is 19.4 Å². The SMILES string of the molecule is CC(C)C(=O)N1CCC[C@H]1CCl. The third kappa shape index (κ3) is 1.92. The maximum atomic E-state index is 11.6. The first-order chi connectivity index (χ1) is 5.66. The van der Waals surface area contributed by atoms with Crippen LogP contribution in [0.5, 0.6) is 0 Å². The number of rotatable bonds is 2. The Balaban J connectivity index is 2.55. The topological polar surface area (TPSA) is 20.3 Å². The van der Waals surface area contributed by atoms with Gasteiger partial charge in [-0.05, 0) is 12.8 Å². The molecule has 0 saturated carbocycles. The molecule has 1 fully saturated rings. The van der Waals surface area contributed by atoms with Crippen LogP contribution in [-0.4, -0.2) is 29.3 Å². The molecule has 1 heterocycles. The highest BCUT2D eigenvalue weighted by molar-refractivity contribution is 6.18. The highest BCUT2D eigenvalue weighted by Gasteiger charge is 2.28. The number of alkyl halides is 1. The summed E-state index contributed by atoms with van der Waals surface area (Å²) in [6, 6.07) is 0.293. The Morgan fingerprint density at radius 3 is 2.83 bits per heavy atom. The molecular formula is C9H16ClNO. The van der Waals surface area contributed by atoms with Crippen LogP contribution >= 0.6 is 11.6 Å². The van der Waals surface area contributed by atoms with Gasteiger partial charge in [0.05, 0.1) is 0 Å². The van der Waals surface area contributed by atoms with Crippen molar-refractivity contribution >= 4 is 17.5 Å². The van der Waals surface area contributed by atoms with Gasteiger partial charge in [-0.3, -0.25) is 4.79 Å². The first-order valence-corrected chi connectivity index (χ1v) is 5.06. The lowest BCUT2D eigenvalue weighted by atomic mass is 10.2. The summed E-state index contributed by atoms with van der Waals surface area (Å²) in [5, 5.41) is 0. The summed E-state index contributed by atoms with van der Waals surface area (Å²) in [6.45, 7) is 4.77. The van der Waals surface area contributed by atoms with Crippen LogP contribution in [0.2, 0.25) is 0 Å². The molecule has 0 aromatic carbocycles. The lowest BCUT2D eigenvalue weighted by molar-refractivity contribution is -0.134. The fourth-order valence-electron chi connectivity index (χ4n) is 1.62. The van der Waals surface area contributed by atoms with E-state index in [1.54, 1.807) is 0 Å². The summed E-state index contributed by atoms with van der Waals surface area (Å²) in [5.74, 6) is 0.935. The second-order valence-corrected chi connectivity index (χ2v) is 3.95. The number of nitrogens with zero attached hydrogens (tertiary/aromatic N) is 1. The molecule has 1 rings (SSSR count). The molecule has 0 bridgehead atoms. The van der Waals surface area contributed by atoms with Crippen LogP contribution in [0.1, 0.15) is 26.7 Å². The van der Waals surface area contributed by atoms with Gasteiger partial charge in [0.15, 0.2) is 0 Å². The third-order valence-electron chi connectivity index (χ3n) is 2.33. The predicted octanol–water partition coefficient (Wildman–Crippen LogP) is 1.87. The van der Waals surface area contributed by atoms with E-state index in [2.05, 4.69) is 0 Å². The van der Waals surface area contributed by atoms with Gasteiger partial charge < -0.3 is 4.90 Å². The van der Waals surface area contributed by atoms with Crippen molar-refractivity contribution in [3.8, 4) is 0 Å². The molecule has 1 atom stereocenters. The van der Waals surface area contributed by atoms with E-state index >= 15 is 0 Å². The van der Waals surface area contributed by atoms with Gasteiger partial charge in [0.25, 0.3) is 0 Å². The van der Waals surface area contributed by atoms with Crippen molar-refractivity contribution in [1.29, 1.82) is 0 Å². The van der Waals surface area contributed by atoms with Crippen LogP contribution < -0.4 is 0 Å². The lowest BCUT2D eigenvalue weighted by Crippen LogP contribution is -2.39. The average molecular weight is 190 g/mol. The highest BCUT2D eigenvalue weighted by Crippen LogP contribution is 2.20. The molecule has 1 aliphatic rings. The minimum Gasteiger partial charge on any atom is -0.338 e. The van der Waals surface area contributed by atoms with Crippen molar-refractivity contribution in [2.45, 2.75) is 32.7 Å². The van der Waals surface area contributed by atoms with Crippen LogP contribution in [0, 0.1) is 5.92 Å². The van der Waals surface area contributed by atoms with E-state index < -0.39 is 0 Å². The molecule has 0 spiro atoms. The number of amides is 1. The van der Waals surface area contributed by atoms with Crippen molar-refractivity contribution in [3.63, 3.8) is 0 Å². The van der Waals surface area contributed by atoms with E-state index in [-0.39, 0.29) is 11.8 Å².